The van der Waals surface area contributed by atoms with Gasteiger partial charge in [-0.05, 0) is 44.4 Å². The number of carbonyl (C=O) groups is 1. The van der Waals surface area contributed by atoms with E-state index in [0.717, 1.165) is 29.7 Å². The van der Waals surface area contributed by atoms with E-state index in [1.165, 1.54) is 25.7 Å². The lowest BCUT2D eigenvalue weighted by Gasteiger charge is -2.35. The van der Waals surface area contributed by atoms with Crippen molar-refractivity contribution < 1.29 is 4.79 Å². The van der Waals surface area contributed by atoms with Crippen LogP contribution in [0.15, 0.2) is 4.99 Å². The third-order valence-electron chi connectivity index (χ3n) is 4.70. The SMILES string of the molecule is CC1CCC2(CC1)CSC(=NCCNC(=O)C1CC1)N2. The molecule has 0 radical (unpaired) electrons. The first-order chi connectivity index (χ1) is 9.67. The number of amides is 1. The summed E-state index contributed by atoms with van der Waals surface area (Å²) in [6, 6.07) is 0. The van der Waals surface area contributed by atoms with Gasteiger partial charge < -0.3 is 10.6 Å². The topological polar surface area (TPSA) is 53.5 Å². The van der Waals surface area contributed by atoms with Crippen LogP contribution in [0.4, 0.5) is 0 Å². The highest BCUT2D eigenvalue weighted by Crippen LogP contribution is 2.38. The highest BCUT2D eigenvalue weighted by molar-refractivity contribution is 8.14. The third kappa shape index (κ3) is 3.48. The molecule has 0 unspecified atom stereocenters. The minimum absolute atomic E-state index is 0.218. The van der Waals surface area contributed by atoms with Gasteiger partial charge in [-0.3, -0.25) is 9.79 Å². The molecule has 3 rings (SSSR count). The van der Waals surface area contributed by atoms with Crippen molar-refractivity contribution >= 4 is 22.8 Å². The molecule has 3 fully saturated rings. The molecule has 1 heterocycles. The molecule has 20 heavy (non-hydrogen) atoms. The van der Waals surface area contributed by atoms with E-state index in [9.17, 15) is 4.79 Å². The van der Waals surface area contributed by atoms with E-state index in [4.69, 9.17) is 0 Å². The summed E-state index contributed by atoms with van der Waals surface area (Å²) in [4.78, 5) is 16.1. The molecule has 1 aliphatic heterocycles. The Hall–Kier alpha value is -0.710. The van der Waals surface area contributed by atoms with Crippen LogP contribution in [-0.2, 0) is 4.79 Å². The van der Waals surface area contributed by atoms with Crippen LogP contribution in [0.3, 0.4) is 0 Å². The maximum Gasteiger partial charge on any atom is 0.223 e. The van der Waals surface area contributed by atoms with Crippen molar-refractivity contribution in [2.45, 2.75) is 51.0 Å². The number of amidine groups is 1. The average molecular weight is 295 g/mol. The number of hydrogen-bond acceptors (Lipinski definition) is 3. The lowest BCUT2D eigenvalue weighted by atomic mass is 9.78. The summed E-state index contributed by atoms with van der Waals surface area (Å²) < 4.78 is 0. The molecule has 1 spiro atoms. The first-order valence-electron chi connectivity index (χ1n) is 7.90. The molecule has 0 bridgehead atoms. The Labute approximate surface area is 125 Å². The first-order valence-corrected chi connectivity index (χ1v) is 8.89. The van der Waals surface area contributed by atoms with Gasteiger partial charge in [-0.1, -0.05) is 18.7 Å². The average Bonchev–Trinajstić information content (AvgIpc) is 3.22. The number of rotatable bonds is 4. The van der Waals surface area contributed by atoms with Crippen LogP contribution in [0.1, 0.15) is 45.4 Å². The van der Waals surface area contributed by atoms with Crippen molar-refractivity contribution in [2.24, 2.45) is 16.8 Å². The van der Waals surface area contributed by atoms with Gasteiger partial charge >= 0.3 is 0 Å². The molecular formula is C15H25N3OS. The molecule has 0 aromatic rings. The molecule has 0 aromatic heterocycles. The Morgan fingerprint density at radius 3 is 2.85 bits per heavy atom. The minimum Gasteiger partial charge on any atom is -0.359 e. The van der Waals surface area contributed by atoms with Crippen LogP contribution >= 0.6 is 11.8 Å². The largest absolute Gasteiger partial charge is 0.359 e. The van der Waals surface area contributed by atoms with Gasteiger partial charge in [0, 0.05) is 23.8 Å². The Balaban J connectivity index is 1.40. The lowest BCUT2D eigenvalue weighted by molar-refractivity contribution is -0.122. The molecule has 5 heteroatoms. The fourth-order valence-corrected chi connectivity index (χ4v) is 4.25. The van der Waals surface area contributed by atoms with Crippen molar-refractivity contribution in [2.75, 3.05) is 18.8 Å². The van der Waals surface area contributed by atoms with Crippen molar-refractivity contribution in [3.05, 3.63) is 0 Å². The number of thioether (sulfide) groups is 1. The predicted molar refractivity (Wildman–Crippen MR) is 84.0 cm³/mol. The second-order valence-corrected chi connectivity index (χ2v) is 7.59. The quantitative estimate of drug-likeness (QED) is 0.782. The van der Waals surface area contributed by atoms with Crippen molar-refractivity contribution in [1.29, 1.82) is 0 Å². The second-order valence-electron chi connectivity index (χ2n) is 6.63. The fourth-order valence-electron chi connectivity index (χ4n) is 3.00. The lowest BCUT2D eigenvalue weighted by Crippen LogP contribution is -2.46. The van der Waals surface area contributed by atoms with Gasteiger partial charge in [0.15, 0.2) is 5.17 Å². The van der Waals surface area contributed by atoms with Gasteiger partial charge in [0.05, 0.1) is 6.54 Å². The van der Waals surface area contributed by atoms with Gasteiger partial charge in [-0.2, -0.15) is 0 Å². The molecular weight excluding hydrogens is 270 g/mol. The second kappa shape index (κ2) is 5.96. The molecule has 0 atom stereocenters. The molecule has 2 aliphatic carbocycles. The van der Waals surface area contributed by atoms with Crippen LogP contribution in [-0.4, -0.2) is 35.5 Å². The summed E-state index contributed by atoms with van der Waals surface area (Å²) in [6.07, 6.45) is 7.35. The van der Waals surface area contributed by atoms with Crippen molar-refractivity contribution in [3.8, 4) is 0 Å². The maximum atomic E-state index is 11.5. The summed E-state index contributed by atoms with van der Waals surface area (Å²) in [5.74, 6) is 2.56. The number of aliphatic imine (C=N–C) groups is 1. The summed E-state index contributed by atoms with van der Waals surface area (Å²) in [5, 5.41) is 7.70. The molecule has 1 saturated heterocycles. The van der Waals surface area contributed by atoms with E-state index >= 15 is 0 Å². The Morgan fingerprint density at radius 2 is 2.15 bits per heavy atom. The van der Waals surface area contributed by atoms with Gasteiger partial charge in [0.2, 0.25) is 5.91 Å². The van der Waals surface area contributed by atoms with E-state index < -0.39 is 0 Å². The molecule has 3 aliphatic rings. The highest BCUT2D eigenvalue weighted by Gasteiger charge is 2.39. The third-order valence-corrected chi connectivity index (χ3v) is 5.90. The zero-order chi connectivity index (χ0) is 14.0. The molecule has 1 amide bonds. The van der Waals surface area contributed by atoms with Crippen LogP contribution in [0, 0.1) is 11.8 Å². The van der Waals surface area contributed by atoms with Gasteiger partial charge in [-0.15, -0.1) is 0 Å². The minimum atomic E-state index is 0.218. The smallest absolute Gasteiger partial charge is 0.223 e. The highest BCUT2D eigenvalue weighted by atomic mass is 32.2. The maximum absolute atomic E-state index is 11.5. The number of nitrogens with one attached hydrogen (secondary N) is 2. The Morgan fingerprint density at radius 1 is 1.40 bits per heavy atom. The standard InChI is InChI=1S/C15H25N3OS/c1-11-4-6-15(7-5-11)10-20-14(18-15)17-9-8-16-13(19)12-2-3-12/h11-12H,2-10H2,1H3,(H,16,19)(H,17,18). The number of nitrogens with zero attached hydrogens (tertiary/aromatic N) is 1. The molecule has 2 N–H and O–H groups in total. The van der Waals surface area contributed by atoms with E-state index in [-0.39, 0.29) is 5.91 Å². The van der Waals surface area contributed by atoms with Crippen LogP contribution in [0.5, 0.6) is 0 Å². The van der Waals surface area contributed by atoms with E-state index in [2.05, 4.69) is 22.5 Å². The zero-order valence-electron chi connectivity index (χ0n) is 12.3. The fraction of sp³-hybridized carbons (Fsp3) is 0.867. The summed E-state index contributed by atoms with van der Waals surface area (Å²) in [5.41, 5.74) is 0.313. The monoisotopic (exact) mass is 295 g/mol. The number of carbonyl (C=O) groups excluding carboxylic acids is 1. The van der Waals surface area contributed by atoms with Crippen LogP contribution in [0.2, 0.25) is 0 Å². The Kier molecular flexibility index (Phi) is 4.24. The normalized spacial score (nSPS) is 35.2. The van der Waals surface area contributed by atoms with Crippen LogP contribution in [0.25, 0.3) is 0 Å². The Bertz CT molecular complexity index is 398. The first kappa shape index (κ1) is 14.2. The van der Waals surface area contributed by atoms with E-state index in [1.54, 1.807) is 0 Å². The van der Waals surface area contributed by atoms with E-state index in [1.807, 2.05) is 11.8 Å². The molecule has 112 valence electrons. The summed E-state index contributed by atoms with van der Waals surface area (Å²) >= 11 is 1.85. The van der Waals surface area contributed by atoms with Crippen molar-refractivity contribution in [1.82, 2.24) is 10.6 Å². The molecule has 4 nitrogen and oxygen atoms in total. The van der Waals surface area contributed by atoms with E-state index in [0.29, 0.717) is 24.5 Å². The van der Waals surface area contributed by atoms with Crippen molar-refractivity contribution in [3.63, 3.8) is 0 Å². The summed E-state index contributed by atoms with van der Waals surface area (Å²) in [7, 11) is 0. The van der Waals surface area contributed by atoms with Gasteiger partial charge in [0.25, 0.3) is 0 Å². The molecule has 2 saturated carbocycles. The van der Waals surface area contributed by atoms with Gasteiger partial charge in [0.1, 0.15) is 0 Å². The zero-order valence-corrected chi connectivity index (χ0v) is 13.1. The summed E-state index contributed by atoms with van der Waals surface area (Å²) in [6.45, 7) is 3.72. The predicted octanol–water partition coefficient (Wildman–Crippen LogP) is 2.15. The van der Waals surface area contributed by atoms with Gasteiger partial charge in [-0.25, -0.2) is 0 Å². The molecule has 0 aromatic carbocycles. The van der Waals surface area contributed by atoms with Crippen LogP contribution < -0.4 is 10.6 Å². The number of hydrogen-bond donors (Lipinski definition) is 2.